The monoisotopic (exact) mass is 454 g/mol. The van der Waals surface area contributed by atoms with Crippen LogP contribution in [0.1, 0.15) is 33.3 Å². The minimum atomic E-state index is -0.0923. The molecule has 8 heteroatoms. The van der Waals surface area contributed by atoms with Crippen LogP contribution >= 0.6 is 23.4 Å². The van der Waals surface area contributed by atoms with Gasteiger partial charge in [0.25, 0.3) is 5.91 Å². The Morgan fingerprint density at radius 3 is 2.65 bits per heavy atom. The third-order valence-electron chi connectivity index (χ3n) is 5.13. The molecule has 2 aromatic carbocycles. The molecule has 2 amide bonds. The van der Waals surface area contributed by atoms with Crippen LogP contribution in [0.15, 0.2) is 67.3 Å². The summed E-state index contributed by atoms with van der Waals surface area (Å²) in [5, 5.41) is 3.57. The van der Waals surface area contributed by atoms with E-state index in [0.717, 1.165) is 24.1 Å². The second-order valence-electron chi connectivity index (χ2n) is 7.34. The summed E-state index contributed by atoms with van der Waals surface area (Å²) in [6, 6.07) is 15.1. The maximum Gasteiger partial charge on any atom is 0.251 e. The van der Waals surface area contributed by atoms with Crippen LogP contribution < -0.4 is 5.32 Å². The highest BCUT2D eigenvalue weighted by atomic mass is 35.5. The maximum absolute atomic E-state index is 12.4. The number of hydrogen-bond acceptors (Lipinski definition) is 4. The Hall–Kier alpha value is -2.77. The number of amides is 2. The Labute approximate surface area is 190 Å². The smallest absolute Gasteiger partial charge is 0.251 e. The van der Waals surface area contributed by atoms with Gasteiger partial charge in [-0.2, -0.15) is 0 Å². The van der Waals surface area contributed by atoms with Crippen molar-refractivity contribution < 1.29 is 9.59 Å². The highest BCUT2D eigenvalue weighted by molar-refractivity contribution is 8.00. The molecule has 2 heterocycles. The van der Waals surface area contributed by atoms with Crippen LogP contribution in [-0.4, -0.2) is 38.6 Å². The first-order valence-electron chi connectivity index (χ1n) is 10.1. The molecule has 1 saturated heterocycles. The summed E-state index contributed by atoms with van der Waals surface area (Å²) in [6.07, 6.45) is 6.25. The number of nitrogens with zero attached hydrogens (tertiary/aromatic N) is 3. The van der Waals surface area contributed by atoms with Gasteiger partial charge in [0.2, 0.25) is 5.91 Å². The van der Waals surface area contributed by atoms with Gasteiger partial charge in [-0.15, -0.1) is 11.8 Å². The van der Waals surface area contributed by atoms with Crippen LogP contribution in [0.5, 0.6) is 0 Å². The number of benzene rings is 2. The summed E-state index contributed by atoms with van der Waals surface area (Å²) < 4.78 is 1.98. The normalized spacial score (nSPS) is 16.0. The number of thioether (sulfide) groups is 1. The zero-order valence-electron chi connectivity index (χ0n) is 16.9. The third-order valence-corrected chi connectivity index (χ3v) is 6.64. The molecule has 0 saturated carbocycles. The van der Waals surface area contributed by atoms with Crippen molar-refractivity contribution in [3.8, 4) is 0 Å². The Morgan fingerprint density at radius 1 is 1.16 bits per heavy atom. The minimum absolute atomic E-state index is 0.0598. The molecule has 1 aromatic heterocycles. The van der Waals surface area contributed by atoms with Gasteiger partial charge in [-0.1, -0.05) is 35.9 Å². The Kier molecular flexibility index (Phi) is 6.94. The van der Waals surface area contributed by atoms with E-state index in [9.17, 15) is 9.59 Å². The molecule has 6 nitrogen and oxygen atoms in total. The quantitative estimate of drug-likeness (QED) is 0.519. The van der Waals surface area contributed by atoms with E-state index in [1.54, 1.807) is 24.3 Å². The molecule has 1 atom stereocenters. The van der Waals surface area contributed by atoms with E-state index in [1.165, 1.54) is 0 Å². The molecule has 0 spiro atoms. The van der Waals surface area contributed by atoms with Crippen LogP contribution in [0.4, 0.5) is 0 Å². The van der Waals surface area contributed by atoms with Crippen LogP contribution in [0, 0.1) is 0 Å². The predicted octanol–water partition coefficient (Wildman–Crippen LogP) is 4.13. The fraction of sp³-hybridized carbons (Fsp3) is 0.261. The van der Waals surface area contributed by atoms with Crippen molar-refractivity contribution in [2.75, 3.05) is 12.3 Å². The van der Waals surface area contributed by atoms with Gasteiger partial charge in [0.1, 0.15) is 5.37 Å². The summed E-state index contributed by atoms with van der Waals surface area (Å²) in [4.78, 5) is 30.7. The molecule has 3 aromatic rings. The van der Waals surface area contributed by atoms with Gasteiger partial charge < -0.3 is 14.8 Å². The van der Waals surface area contributed by atoms with Gasteiger partial charge in [0.15, 0.2) is 0 Å². The molecule has 0 bridgehead atoms. The standard InChI is InChI=1S/C23H23ClN4O2S/c24-20-8-2-17(3-9-20)14-28-21(29)15-31-23(28)19-6-4-18(5-7-19)22(30)26-10-1-12-27-13-11-25-16-27/h2-9,11,13,16,23H,1,10,12,14-15H2,(H,26,30)/t23-/m0/s1. The summed E-state index contributed by atoms with van der Waals surface area (Å²) in [6.45, 7) is 1.95. The van der Waals surface area contributed by atoms with E-state index in [2.05, 4.69) is 10.3 Å². The van der Waals surface area contributed by atoms with Crippen molar-refractivity contribution >= 4 is 35.2 Å². The molecule has 1 aliphatic heterocycles. The number of aryl methyl sites for hydroxylation is 1. The zero-order chi connectivity index (χ0) is 21.6. The van der Waals surface area contributed by atoms with E-state index in [-0.39, 0.29) is 17.2 Å². The molecule has 0 aliphatic carbocycles. The first-order valence-corrected chi connectivity index (χ1v) is 11.5. The molecule has 0 radical (unpaired) electrons. The van der Waals surface area contributed by atoms with E-state index >= 15 is 0 Å². The fourth-order valence-corrected chi connectivity index (χ4v) is 4.79. The summed E-state index contributed by atoms with van der Waals surface area (Å²) in [7, 11) is 0. The molecule has 4 rings (SSSR count). The Morgan fingerprint density at radius 2 is 1.94 bits per heavy atom. The SMILES string of the molecule is O=C(NCCCn1ccnc1)c1ccc([C@@H]2SCC(=O)N2Cc2ccc(Cl)cc2)cc1. The largest absolute Gasteiger partial charge is 0.352 e. The van der Waals surface area contributed by atoms with Gasteiger partial charge >= 0.3 is 0 Å². The zero-order valence-corrected chi connectivity index (χ0v) is 18.5. The number of imidazole rings is 1. The molecule has 1 fully saturated rings. The third kappa shape index (κ3) is 5.48. The van der Waals surface area contributed by atoms with Crippen molar-refractivity contribution in [2.24, 2.45) is 0 Å². The highest BCUT2D eigenvalue weighted by Gasteiger charge is 2.32. The van der Waals surface area contributed by atoms with Gasteiger partial charge in [-0.3, -0.25) is 9.59 Å². The van der Waals surface area contributed by atoms with E-state index in [0.29, 0.717) is 29.4 Å². The summed E-state index contributed by atoms with van der Waals surface area (Å²) in [5.41, 5.74) is 2.67. The average molecular weight is 455 g/mol. The van der Waals surface area contributed by atoms with Crippen LogP contribution in [-0.2, 0) is 17.9 Å². The van der Waals surface area contributed by atoms with Gasteiger partial charge in [-0.05, 0) is 41.8 Å². The van der Waals surface area contributed by atoms with Gasteiger partial charge in [0.05, 0.1) is 12.1 Å². The molecule has 1 aliphatic rings. The molecular weight excluding hydrogens is 432 g/mol. The second-order valence-corrected chi connectivity index (χ2v) is 8.85. The number of halogens is 1. The lowest BCUT2D eigenvalue weighted by molar-refractivity contribution is -0.128. The van der Waals surface area contributed by atoms with E-state index in [1.807, 2.05) is 64.2 Å². The first kappa shape index (κ1) is 21.5. The number of aromatic nitrogens is 2. The second kappa shape index (κ2) is 10.0. The van der Waals surface area contributed by atoms with Crippen LogP contribution in [0.25, 0.3) is 0 Å². The molecule has 31 heavy (non-hydrogen) atoms. The fourth-order valence-electron chi connectivity index (χ4n) is 3.47. The number of carbonyl (C=O) groups excluding carboxylic acids is 2. The van der Waals surface area contributed by atoms with Crippen molar-refractivity contribution in [3.63, 3.8) is 0 Å². The van der Waals surface area contributed by atoms with Crippen molar-refractivity contribution in [1.29, 1.82) is 0 Å². The number of carbonyl (C=O) groups is 2. The Balaban J connectivity index is 1.34. The topological polar surface area (TPSA) is 67.2 Å². The van der Waals surface area contributed by atoms with Crippen molar-refractivity contribution in [2.45, 2.75) is 24.9 Å². The predicted molar refractivity (Wildman–Crippen MR) is 123 cm³/mol. The lowest BCUT2D eigenvalue weighted by Gasteiger charge is -2.24. The number of hydrogen-bond donors (Lipinski definition) is 1. The number of rotatable bonds is 8. The van der Waals surface area contributed by atoms with Gasteiger partial charge in [0, 0.05) is 42.6 Å². The molecule has 1 N–H and O–H groups in total. The van der Waals surface area contributed by atoms with Gasteiger partial charge in [-0.25, -0.2) is 4.98 Å². The summed E-state index contributed by atoms with van der Waals surface area (Å²) in [5.74, 6) is 0.479. The average Bonchev–Trinajstić information content (AvgIpc) is 3.43. The number of nitrogens with one attached hydrogen (secondary N) is 1. The lowest BCUT2D eigenvalue weighted by Crippen LogP contribution is -2.28. The summed E-state index contributed by atoms with van der Waals surface area (Å²) >= 11 is 7.57. The van der Waals surface area contributed by atoms with Crippen molar-refractivity contribution in [3.05, 3.63) is 89.0 Å². The molecule has 160 valence electrons. The minimum Gasteiger partial charge on any atom is -0.352 e. The van der Waals surface area contributed by atoms with Crippen LogP contribution in [0.2, 0.25) is 5.02 Å². The van der Waals surface area contributed by atoms with Crippen molar-refractivity contribution in [1.82, 2.24) is 19.8 Å². The lowest BCUT2D eigenvalue weighted by atomic mass is 10.1. The molecule has 0 unspecified atom stereocenters. The van der Waals surface area contributed by atoms with E-state index in [4.69, 9.17) is 11.6 Å². The van der Waals surface area contributed by atoms with Crippen LogP contribution in [0.3, 0.4) is 0 Å². The highest BCUT2D eigenvalue weighted by Crippen LogP contribution is 2.39. The maximum atomic E-state index is 12.4. The van der Waals surface area contributed by atoms with E-state index < -0.39 is 0 Å². The molecular formula is C23H23ClN4O2S. The Bertz CT molecular complexity index is 1020. The first-order chi connectivity index (χ1) is 15.1.